The molecule has 2 aromatic carbocycles. The first-order valence-corrected chi connectivity index (χ1v) is 7.66. The number of aromatic nitrogens is 2. The van der Waals surface area contributed by atoms with Crippen LogP contribution >= 0.6 is 0 Å². The molecular weight excluding hydrogens is 325 g/mol. The van der Waals surface area contributed by atoms with Gasteiger partial charge in [-0.05, 0) is 35.9 Å². The molecule has 2 N–H and O–H groups in total. The van der Waals surface area contributed by atoms with Gasteiger partial charge in [0.05, 0.1) is 25.8 Å². The zero-order chi connectivity index (χ0) is 17.8. The number of aliphatic hydroxyl groups is 1. The normalized spacial score (nSPS) is 12.0. The number of anilines is 1. The Bertz CT molecular complexity index is 866. The molecule has 1 atom stereocenters. The topological polar surface area (TPSA) is 76.5 Å². The molecule has 0 radical (unpaired) electrons. The zero-order valence-electron chi connectivity index (χ0n) is 13.9. The Balaban J connectivity index is 1.81. The number of methoxy groups -OCH3 is 2. The highest BCUT2D eigenvalue weighted by Gasteiger charge is 2.13. The standard InChI is InChI=1S/C18H18FN3O3/c1-24-13-5-11(6-14(8-13)25-2)17(23)9-20-18-15-7-12(19)3-4-16(15)21-10-22-18/h3-8,10,17,23H,9H2,1-2H3,(H,20,21,22). The van der Waals surface area contributed by atoms with Gasteiger partial charge in [0.15, 0.2) is 0 Å². The average Bonchev–Trinajstić information content (AvgIpc) is 2.65. The Labute approximate surface area is 144 Å². The second-order valence-electron chi connectivity index (χ2n) is 5.43. The smallest absolute Gasteiger partial charge is 0.137 e. The van der Waals surface area contributed by atoms with Crippen molar-refractivity contribution in [3.05, 3.63) is 54.1 Å². The average molecular weight is 343 g/mol. The van der Waals surface area contributed by atoms with Crippen LogP contribution in [0.2, 0.25) is 0 Å². The lowest BCUT2D eigenvalue weighted by Gasteiger charge is -2.15. The first-order valence-electron chi connectivity index (χ1n) is 7.66. The first-order chi connectivity index (χ1) is 12.1. The van der Waals surface area contributed by atoms with Gasteiger partial charge in [-0.3, -0.25) is 0 Å². The van der Waals surface area contributed by atoms with Crippen LogP contribution in [0.25, 0.3) is 10.9 Å². The van der Waals surface area contributed by atoms with E-state index in [0.717, 1.165) is 0 Å². The molecule has 130 valence electrons. The lowest BCUT2D eigenvalue weighted by atomic mass is 10.1. The number of nitrogens with one attached hydrogen (secondary N) is 1. The van der Waals surface area contributed by atoms with E-state index in [1.54, 1.807) is 38.5 Å². The molecule has 0 saturated carbocycles. The molecule has 0 aliphatic rings. The van der Waals surface area contributed by atoms with Gasteiger partial charge in [-0.25, -0.2) is 14.4 Å². The molecule has 1 unspecified atom stereocenters. The number of hydrogen-bond acceptors (Lipinski definition) is 6. The number of halogens is 1. The summed E-state index contributed by atoms with van der Waals surface area (Å²) in [7, 11) is 3.09. The SMILES string of the molecule is COc1cc(OC)cc(C(O)CNc2ncnc3ccc(F)cc23)c1. The third-order valence-corrected chi connectivity index (χ3v) is 3.82. The van der Waals surface area contributed by atoms with Crippen molar-refractivity contribution in [3.63, 3.8) is 0 Å². The molecule has 1 heterocycles. The van der Waals surface area contributed by atoms with Crippen LogP contribution in [0.1, 0.15) is 11.7 Å². The summed E-state index contributed by atoms with van der Waals surface area (Å²) in [5.74, 6) is 1.26. The zero-order valence-corrected chi connectivity index (χ0v) is 13.9. The van der Waals surface area contributed by atoms with Gasteiger partial charge < -0.3 is 19.9 Å². The van der Waals surface area contributed by atoms with Gasteiger partial charge in [-0.1, -0.05) is 0 Å². The van der Waals surface area contributed by atoms with Crippen molar-refractivity contribution in [2.45, 2.75) is 6.10 Å². The van der Waals surface area contributed by atoms with Crippen molar-refractivity contribution >= 4 is 16.7 Å². The van der Waals surface area contributed by atoms with E-state index in [1.807, 2.05) is 0 Å². The predicted octanol–water partition coefficient (Wildman–Crippen LogP) is 2.93. The summed E-state index contributed by atoms with van der Waals surface area (Å²) in [4.78, 5) is 8.23. The number of hydrogen-bond donors (Lipinski definition) is 2. The maximum atomic E-state index is 13.5. The summed E-state index contributed by atoms with van der Waals surface area (Å²) in [6.45, 7) is 0.180. The van der Waals surface area contributed by atoms with E-state index in [2.05, 4.69) is 15.3 Å². The molecule has 25 heavy (non-hydrogen) atoms. The molecule has 1 aromatic heterocycles. The Kier molecular flexibility index (Phi) is 4.95. The minimum Gasteiger partial charge on any atom is -0.497 e. The highest BCUT2D eigenvalue weighted by atomic mass is 19.1. The number of nitrogens with zero attached hydrogens (tertiary/aromatic N) is 2. The number of rotatable bonds is 6. The summed E-state index contributed by atoms with van der Waals surface area (Å²) in [5.41, 5.74) is 1.25. The predicted molar refractivity (Wildman–Crippen MR) is 92.5 cm³/mol. The Morgan fingerprint density at radius 1 is 1.08 bits per heavy atom. The summed E-state index contributed by atoms with van der Waals surface area (Å²) in [6.07, 6.45) is 0.561. The van der Waals surface area contributed by atoms with E-state index in [1.165, 1.54) is 18.5 Å². The second kappa shape index (κ2) is 7.31. The minimum atomic E-state index is -0.831. The lowest BCUT2D eigenvalue weighted by Crippen LogP contribution is -2.13. The molecule has 0 amide bonds. The van der Waals surface area contributed by atoms with Crippen molar-refractivity contribution < 1.29 is 19.0 Å². The van der Waals surface area contributed by atoms with Crippen molar-refractivity contribution in [1.82, 2.24) is 9.97 Å². The summed E-state index contributed by atoms with van der Waals surface area (Å²) in [6, 6.07) is 9.47. The van der Waals surface area contributed by atoms with Gasteiger partial charge in [-0.15, -0.1) is 0 Å². The molecule has 0 bridgehead atoms. The Morgan fingerprint density at radius 3 is 2.48 bits per heavy atom. The van der Waals surface area contributed by atoms with E-state index >= 15 is 0 Å². The van der Waals surface area contributed by atoms with Crippen molar-refractivity contribution in [2.24, 2.45) is 0 Å². The molecule has 0 aliphatic heterocycles. The van der Waals surface area contributed by atoms with Crippen LogP contribution in [0.3, 0.4) is 0 Å². The van der Waals surface area contributed by atoms with Crippen LogP contribution in [0.4, 0.5) is 10.2 Å². The van der Waals surface area contributed by atoms with Gasteiger partial charge in [0, 0.05) is 18.0 Å². The van der Waals surface area contributed by atoms with Gasteiger partial charge in [0.1, 0.15) is 29.5 Å². The van der Waals surface area contributed by atoms with Crippen molar-refractivity contribution in [1.29, 1.82) is 0 Å². The monoisotopic (exact) mass is 343 g/mol. The van der Waals surface area contributed by atoms with Crippen molar-refractivity contribution in [3.8, 4) is 11.5 Å². The van der Waals surface area contributed by atoms with E-state index in [4.69, 9.17) is 9.47 Å². The van der Waals surface area contributed by atoms with Gasteiger partial charge in [-0.2, -0.15) is 0 Å². The van der Waals surface area contributed by atoms with Crippen LogP contribution < -0.4 is 14.8 Å². The van der Waals surface area contributed by atoms with E-state index in [-0.39, 0.29) is 12.4 Å². The summed E-state index contributed by atoms with van der Waals surface area (Å²) >= 11 is 0. The van der Waals surface area contributed by atoms with Crippen LogP contribution in [0.15, 0.2) is 42.7 Å². The third-order valence-electron chi connectivity index (χ3n) is 3.82. The molecule has 0 aliphatic carbocycles. The number of benzene rings is 2. The number of fused-ring (bicyclic) bond motifs is 1. The minimum absolute atomic E-state index is 0.180. The Morgan fingerprint density at radius 2 is 1.80 bits per heavy atom. The third kappa shape index (κ3) is 3.77. The maximum Gasteiger partial charge on any atom is 0.137 e. The lowest BCUT2D eigenvalue weighted by molar-refractivity contribution is 0.190. The van der Waals surface area contributed by atoms with E-state index in [9.17, 15) is 9.50 Å². The Hall–Kier alpha value is -2.93. The fraction of sp³-hybridized carbons (Fsp3) is 0.222. The maximum absolute atomic E-state index is 13.5. The second-order valence-corrected chi connectivity index (χ2v) is 5.43. The highest BCUT2D eigenvalue weighted by Crippen LogP contribution is 2.27. The molecule has 0 spiro atoms. The first kappa shape index (κ1) is 16.9. The molecule has 3 rings (SSSR count). The van der Waals surface area contributed by atoms with Gasteiger partial charge >= 0.3 is 0 Å². The molecule has 6 nitrogen and oxygen atoms in total. The fourth-order valence-electron chi connectivity index (χ4n) is 2.50. The van der Waals surface area contributed by atoms with Crippen LogP contribution in [-0.4, -0.2) is 35.8 Å². The van der Waals surface area contributed by atoms with E-state index < -0.39 is 6.10 Å². The molecule has 3 aromatic rings. The van der Waals surface area contributed by atoms with Crippen LogP contribution in [0, 0.1) is 5.82 Å². The summed E-state index contributed by atoms with van der Waals surface area (Å²) < 4.78 is 23.9. The summed E-state index contributed by atoms with van der Waals surface area (Å²) in [5, 5.41) is 14.0. The molecule has 7 heteroatoms. The van der Waals surface area contributed by atoms with E-state index in [0.29, 0.717) is 33.8 Å². The largest absolute Gasteiger partial charge is 0.497 e. The van der Waals surface area contributed by atoms with Crippen LogP contribution in [0.5, 0.6) is 11.5 Å². The highest BCUT2D eigenvalue weighted by molar-refractivity contribution is 5.88. The van der Waals surface area contributed by atoms with Gasteiger partial charge in [0.25, 0.3) is 0 Å². The number of aliphatic hydroxyl groups excluding tert-OH is 1. The number of ether oxygens (including phenoxy) is 2. The van der Waals surface area contributed by atoms with Crippen molar-refractivity contribution in [2.75, 3.05) is 26.1 Å². The van der Waals surface area contributed by atoms with Gasteiger partial charge in [0.2, 0.25) is 0 Å². The molecule has 0 fully saturated rings. The fourth-order valence-corrected chi connectivity index (χ4v) is 2.50. The van der Waals surface area contributed by atoms with Crippen LogP contribution in [-0.2, 0) is 0 Å². The molecule has 0 saturated heterocycles. The quantitative estimate of drug-likeness (QED) is 0.717. The molecular formula is C18H18FN3O3.